The van der Waals surface area contributed by atoms with Gasteiger partial charge in [0.1, 0.15) is 0 Å². The molecule has 0 aromatic heterocycles. The van der Waals surface area contributed by atoms with Crippen molar-refractivity contribution in [3.63, 3.8) is 0 Å². The summed E-state index contributed by atoms with van der Waals surface area (Å²) < 4.78 is 0. The van der Waals surface area contributed by atoms with Gasteiger partial charge < -0.3 is 0 Å². The fourth-order valence-corrected chi connectivity index (χ4v) is 2.76. The summed E-state index contributed by atoms with van der Waals surface area (Å²) in [5.74, 6) is 1.35. The van der Waals surface area contributed by atoms with E-state index in [-0.39, 0.29) is 0 Å². The summed E-state index contributed by atoms with van der Waals surface area (Å²) in [5.41, 5.74) is 1.34. The summed E-state index contributed by atoms with van der Waals surface area (Å²) in [4.78, 5) is 0. The van der Waals surface area contributed by atoms with Crippen LogP contribution in [0.3, 0.4) is 0 Å². The van der Waals surface area contributed by atoms with Crippen LogP contribution in [0.15, 0.2) is 12.2 Å². The average Bonchev–Trinajstić information content (AvgIpc) is 2.34. The Morgan fingerprint density at radius 1 is 0.722 bits per heavy atom. The van der Waals surface area contributed by atoms with E-state index in [1.807, 2.05) is 11.8 Å². The number of rotatable bonds is 14. The Labute approximate surface area is 120 Å². The molecule has 0 aliphatic carbocycles. The Balaban J connectivity index is 2.92. The molecule has 108 valence electrons. The second kappa shape index (κ2) is 15.1. The SMILES string of the molecule is C=C(C)CCCCCCCCCCCCCSC. The van der Waals surface area contributed by atoms with Gasteiger partial charge in [-0.05, 0) is 38.2 Å². The fourth-order valence-electron chi connectivity index (χ4n) is 2.26. The molecule has 0 bridgehead atoms. The van der Waals surface area contributed by atoms with Crippen molar-refractivity contribution in [1.82, 2.24) is 0 Å². The average molecular weight is 271 g/mol. The van der Waals surface area contributed by atoms with Crippen LogP contribution in [0.25, 0.3) is 0 Å². The summed E-state index contributed by atoms with van der Waals surface area (Å²) in [5, 5.41) is 0. The van der Waals surface area contributed by atoms with Gasteiger partial charge in [-0.1, -0.05) is 63.4 Å². The minimum absolute atomic E-state index is 1.23. The van der Waals surface area contributed by atoms with E-state index in [0.717, 1.165) is 0 Å². The minimum atomic E-state index is 1.23. The topological polar surface area (TPSA) is 0 Å². The fraction of sp³-hybridized carbons (Fsp3) is 0.882. The van der Waals surface area contributed by atoms with E-state index < -0.39 is 0 Å². The molecule has 0 aromatic rings. The Kier molecular flexibility index (Phi) is 15.2. The quantitative estimate of drug-likeness (QED) is 0.253. The van der Waals surface area contributed by atoms with Crippen LogP contribution in [0.4, 0.5) is 0 Å². The smallest absolute Gasteiger partial charge is 0.00703 e. The normalized spacial score (nSPS) is 10.8. The molecule has 0 rings (SSSR count). The van der Waals surface area contributed by atoms with Gasteiger partial charge in [0.05, 0.1) is 0 Å². The van der Waals surface area contributed by atoms with Gasteiger partial charge in [-0.2, -0.15) is 11.8 Å². The van der Waals surface area contributed by atoms with E-state index in [1.54, 1.807) is 0 Å². The maximum atomic E-state index is 3.95. The molecule has 0 spiro atoms. The Morgan fingerprint density at radius 2 is 1.11 bits per heavy atom. The molecule has 0 fully saturated rings. The zero-order valence-electron chi connectivity index (χ0n) is 12.8. The molecule has 18 heavy (non-hydrogen) atoms. The lowest BCUT2D eigenvalue weighted by Gasteiger charge is -2.03. The Hall–Kier alpha value is 0.0900. The first-order chi connectivity index (χ1) is 8.77. The van der Waals surface area contributed by atoms with Crippen molar-refractivity contribution in [2.75, 3.05) is 12.0 Å². The molecular weight excluding hydrogens is 236 g/mol. The van der Waals surface area contributed by atoms with Gasteiger partial charge in [0.15, 0.2) is 0 Å². The van der Waals surface area contributed by atoms with Crippen LogP contribution in [0.1, 0.15) is 84.0 Å². The number of hydrogen-bond acceptors (Lipinski definition) is 1. The maximum absolute atomic E-state index is 3.95. The highest BCUT2D eigenvalue weighted by Gasteiger charge is 1.93. The van der Waals surface area contributed by atoms with Gasteiger partial charge in [-0.25, -0.2) is 0 Å². The summed E-state index contributed by atoms with van der Waals surface area (Å²) in [6, 6.07) is 0. The van der Waals surface area contributed by atoms with Crippen LogP contribution in [-0.4, -0.2) is 12.0 Å². The van der Waals surface area contributed by atoms with Crippen molar-refractivity contribution in [3.05, 3.63) is 12.2 Å². The highest BCUT2D eigenvalue weighted by Crippen LogP contribution is 2.13. The van der Waals surface area contributed by atoms with E-state index in [2.05, 4.69) is 19.8 Å². The van der Waals surface area contributed by atoms with Crippen LogP contribution in [-0.2, 0) is 0 Å². The Bertz CT molecular complexity index is 174. The van der Waals surface area contributed by atoms with E-state index in [9.17, 15) is 0 Å². The highest BCUT2D eigenvalue weighted by atomic mass is 32.2. The second-order valence-corrected chi connectivity index (χ2v) is 6.57. The molecule has 0 nitrogen and oxygen atoms in total. The lowest BCUT2D eigenvalue weighted by atomic mass is 10.0. The lowest BCUT2D eigenvalue weighted by Crippen LogP contribution is -1.84. The van der Waals surface area contributed by atoms with Crippen LogP contribution in [0.2, 0.25) is 0 Å². The summed E-state index contributed by atoms with van der Waals surface area (Å²) in [7, 11) is 0. The number of hydrogen-bond donors (Lipinski definition) is 0. The Morgan fingerprint density at radius 3 is 1.50 bits per heavy atom. The molecule has 0 radical (unpaired) electrons. The predicted molar refractivity (Wildman–Crippen MR) is 88.6 cm³/mol. The number of thioether (sulfide) groups is 1. The third-order valence-electron chi connectivity index (χ3n) is 3.45. The van der Waals surface area contributed by atoms with Crippen molar-refractivity contribution in [2.24, 2.45) is 0 Å². The summed E-state index contributed by atoms with van der Waals surface area (Å²) in [6.45, 7) is 6.09. The molecule has 0 N–H and O–H groups in total. The molecular formula is C17H34S. The second-order valence-electron chi connectivity index (χ2n) is 5.59. The van der Waals surface area contributed by atoms with Gasteiger partial charge in [-0.3, -0.25) is 0 Å². The van der Waals surface area contributed by atoms with E-state index in [4.69, 9.17) is 0 Å². The minimum Gasteiger partial charge on any atom is -0.165 e. The zero-order chi connectivity index (χ0) is 13.5. The monoisotopic (exact) mass is 270 g/mol. The standard InChI is InChI=1S/C17H34S/c1-17(2)15-13-11-9-7-5-4-6-8-10-12-14-16-18-3/h1,4-16H2,2-3H3. The first-order valence-corrected chi connectivity index (χ1v) is 9.30. The molecule has 0 aromatic carbocycles. The first kappa shape index (κ1) is 18.1. The van der Waals surface area contributed by atoms with Crippen molar-refractivity contribution in [1.29, 1.82) is 0 Å². The van der Waals surface area contributed by atoms with Crippen molar-refractivity contribution in [2.45, 2.75) is 84.0 Å². The van der Waals surface area contributed by atoms with Gasteiger partial charge in [0, 0.05) is 0 Å². The van der Waals surface area contributed by atoms with Gasteiger partial charge in [0.2, 0.25) is 0 Å². The predicted octanol–water partition coefficient (Wildman–Crippen LogP) is 6.61. The largest absolute Gasteiger partial charge is 0.165 e. The molecule has 0 amide bonds. The molecule has 1 heteroatoms. The molecule has 0 saturated carbocycles. The van der Waals surface area contributed by atoms with Crippen LogP contribution in [0.5, 0.6) is 0 Å². The van der Waals surface area contributed by atoms with Crippen LogP contribution in [0, 0.1) is 0 Å². The van der Waals surface area contributed by atoms with E-state index in [0.29, 0.717) is 0 Å². The summed E-state index contributed by atoms with van der Waals surface area (Å²) >= 11 is 1.98. The van der Waals surface area contributed by atoms with Gasteiger partial charge >= 0.3 is 0 Å². The number of allylic oxidation sites excluding steroid dienone is 1. The van der Waals surface area contributed by atoms with Crippen LogP contribution < -0.4 is 0 Å². The maximum Gasteiger partial charge on any atom is -0.00703 e. The molecule has 0 saturated heterocycles. The zero-order valence-corrected chi connectivity index (χ0v) is 13.6. The lowest BCUT2D eigenvalue weighted by molar-refractivity contribution is 0.550. The van der Waals surface area contributed by atoms with Crippen molar-refractivity contribution >= 4 is 11.8 Å². The van der Waals surface area contributed by atoms with Crippen molar-refractivity contribution in [3.8, 4) is 0 Å². The van der Waals surface area contributed by atoms with Gasteiger partial charge in [-0.15, -0.1) is 6.58 Å². The third kappa shape index (κ3) is 16.1. The van der Waals surface area contributed by atoms with E-state index >= 15 is 0 Å². The van der Waals surface area contributed by atoms with Crippen LogP contribution >= 0.6 is 11.8 Å². The highest BCUT2D eigenvalue weighted by molar-refractivity contribution is 7.98. The molecule has 0 aliphatic rings. The summed E-state index contributed by atoms with van der Waals surface area (Å²) in [6.07, 6.45) is 19.2. The molecule has 0 heterocycles. The molecule has 0 unspecified atom stereocenters. The van der Waals surface area contributed by atoms with E-state index in [1.165, 1.54) is 88.4 Å². The third-order valence-corrected chi connectivity index (χ3v) is 4.15. The van der Waals surface area contributed by atoms with Crippen molar-refractivity contribution < 1.29 is 0 Å². The number of unbranched alkanes of at least 4 members (excludes halogenated alkanes) is 10. The molecule has 0 aliphatic heterocycles. The van der Waals surface area contributed by atoms with Gasteiger partial charge in [0.25, 0.3) is 0 Å². The first-order valence-electron chi connectivity index (χ1n) is 7.90. The molecule has 0 atom stereocenters.